The van der Waals surface area contributed by atoms with Crippen LogP contribution in [0.4, 0.5) is 0 Å². The molecular formula is C76H69AuP4Si4+2. The largest absolute Gasteiger partial charge is 1.00 e. The quantitative estimate of drug-likeness (QED) is 0.133. The van der Waals surface area contributed by atoms with Crippen LogP contribution in [-0.2, 0) is 22.4 Å². The van der Waals surface area contributed by atoms with Crippen molar-refractivity contribution < 1.29 is 22.4 Å². The fraction of sp³-hybridized carbons (Fsp3) is 0.105. The fourth-order valence-corrected chi connectivity index (χ4v) is 41.9. The van der Waals surface area contributed by atoms with Gasteiger partial charge in [0.05, 0.1) is 0 Å². The van der Waals surface area contributed by atoms with Crippen molar-refractivity contribution in [3.05, 3.63) is 267 Å². The molecule has 0 spiro atoms. The summed E-state index contributed by atoms with van der Waals surface area (Å²) in [6.45, 7) is 21.9. The Balaban J connectivity index is 0.00000709. The van der Waals surface area contributed by atoms with Gasteiger partial charge in [-0.1, -0.05) is 320 Å². The monoisotopic (exact) mass is 1410 g/mol. The molecule has 0 aliphatic carbocycles. The Bertz CT molecular complexity index is 3550. The molecule has 4 aromatic heterocycles. The van der Waals surface area contributed by atoms with E-state index in [1.165, 1.54) is 114 Å². The van der Waals surface area contributed by atoms with Crippen LogP contribution in [0.25, 0.3) is 89.0 Å². The third kappa shape index (κ3) is 11.0. The van der Waals surface area contributed by atoms with Gasteiger partial charge in [0.2, 0.25) is 0 Å². The van der Waals surface area contributed by atoms with Gasteiger partial charge in [0.25, 0.3) is 0 Å². The summed E-state index contributed by atoms with van der Waals surface area (Å²) < 4.78 is 0. The number of benzene rings is 8. The molecule has 0 saturated heterocycles. The summed E-state index contributed by atoms with van der Waals surface area (Å²) in [5.74, 6) is 0. The van der Waals surface area contributed by atoms with Gasteiger partial charge in [-0.25, -0.2) is 0 Å². The Morgan fingerprint density at radius 1 is 0.212 bits per heavy atom. The third-order valence-corrected chi connectivity index (χ3v) is 49.8. The second kappa shape index (κ2) is 24.3. The molecule has 85 heavy (non-hydrogen) atoms. The predicted octanol–water partition coefficient (Wildman–Crippen LogP) is 18.7. The zero-order valence-electron chi connectivity index (χ0n) is 49.5. The van der Waals surface area contributed by atoms with Crippen molar-refractivity contribution in [2.75, 3.05) is 0 Å². The summed E-state index contributed by atoms with van der Waals surface area (Å²) in [6, 6.07) is 102. The molecule has 1 aliphatic rings. The molecule has 0 unspecified atom stereocenters. The summed E-state index contributed by atoms with van der Waals surface area (Å²) in [6.07, 6.45) is 0. The zero-order valence-corrected chi connectivity index (χ0v) is 59.4. The van der Waals surface area contributed by atoms with E-state index in [0.717, 1.165) is 0 Å². The maximum atomic E-state index is 2.74. The van der Waals surface area contributed by atoms with Crippen LogP contribution in [0.3, 0.4) is 0 Å². The first-order valence-corrected chi connectivity index (χ1v) is 45.1. The number of fused-ring (bicyclic) bond motifs is 8. The van der Waals surface area contributed by atoms with E-state index in [0.29, 0.717) is 8.19 Å². The Morgan fingerprint density at radius 2 is 0.365 bits per heavy atom. The fourth-order valence-electron chi connectivity index (χ4n) is 13.1. The third-order valence-electron chi connectivity index (χ3n) is 17.6. The van der Waals surface area contributed by atoms with E-state index in [9.17, 15) is 0 Å². The zero-order chi connectivity index (χ0) is 57.8. The molecule has 8 bridgehead atoms. The number of hydrogen-bond donors (Lipinski definition) is 0. The Labute approximate surface area is 530 Å². The minimum absolute atomic E-state index is 0. The van der Waals surface area contributed by atoms with Crippen LogP contribution >= 0.6 is 32.8 Å². The molecular weight excluding hydrogens is 1350 g/mol. The average Bonchev–Trinajstić information content (AvgIpc) is 3.04. The minimum Gasteiger partial charge on any atom is -0.0763 e. The van der Waals surface area contributed by atoms with E-state index in [1.807, 2.05) is 0 Å². The van der Waals surface area contributed by atoms with Crippen LogP contribution in [-0.4, -0.2) is 32.3 Å². The van der Waals surface area contributed by atoms with Crippen LogP contribution in [0.15, 0.2) is 267 Å². The molecule has 0 nitrogen and oxygen atoms in total. The molecule has 0 radical (unpaired) electrons. The van der Waals surface area contributed by atoms with Gasteiger partial charge in [0, 0.05) is 11.1 Å². The first-order valence-electron chi connectivity index (χ1n) is 29.4. The van der Waals surface area contributed by atoms with E-state index < -0.39 is 32.3 Å². The van der Waals surface area contributed by atoms with Gasteiger partial charge in [0.1, 0.15) is 34.2 Å². The van der Waals surface area contributed by atoms with Gasteiger partial charge in [-0.05, 0) is 132 Å². The van der Waals surface area contributed by atoms with Gasteiger partial charge in [-0.2, -0.15) is 0 Å². The molecule has 0 fully saturated rings. The van der Waals surface area contributed by atoms with E-state index in [-0.39, 0.29) is 22.4 Å². The number of hydrogen-bond acceptors (Lipinski definition) is 0. The molecule has 0 saturated carbocycles. The summed E-state index contributed by atoms with van der Waals surface area (Å²) >= 11 is 0. The van der Waals surface area contributed by atoms with Crippen molar-refractivity contribution >= 4 is 104 Å². The Hall–Kier alpha value is -6.03. The van der Waals surface area contributed by atoms with Gasteiger partial charge < -0.3 is 0 Å². The second-order valence-corrected chi connectivity index (χ2v) is 49.7. The molecule has 1 aliphatic heterocycles. The molecule has 13 rings (SSSR count). The van der Waals surface area contributed by atoms with Crippen molar-refractivity contribution in [3.63, 3.8) is 0 Å². The van der Waals surface area contributed by atoms with E-state index in [4.69, 9.17) is 0 Å². The molecule has 418 valence electrons. The van der Waals surface area contributed by atoms with Crippen LogP contribution in [0.1, 0.15) is 0 Å². The maximum Gasteiger partial charge on any atom is 1.00 e. The topological polar surface area (TPSA) is 0 Å². The van der Waals surface area contributed by atoms with Crippen molar-refractivity contribution in [1.82, 2.24) is 0 Å². The molecule has 0 N–H and O–H groups in total. The summed E-state index contributed by atoms with van der Waals surface area (Å²) in [4.78, 5) is 13.1. The van der Waals surface area contributed by atoms with Crippen LogP contribution in [0.2, 0.25) is 52.4 Å². The first kappa shape index (κ1) is 59.3. The van der Waals surface area contributed by atoms with Crippen molar-refractivity contribution in [3.8, 4) is 89.0 Å². The van der Waals surface area contributed by atoms with Gasteiger partial charge in [-0.15, -0.1) is 0 Å². The van der Waals surface area contributed by atoms with Crippen LogP contribution in [0.5, 0.6) is 0 Å². The molecule has 12 aromatic rings. The predicted molar refractivity (Wildman–Crippen MR) is 388 cm³/mol. The summed E-state index contributed by atoms with van der Waals surface area (Å²) in [7, 11) is -6.19. The Kier molecular flexibility index (Phi) is 16.9. The van der Waals surface area contributed by atoms with Crippen molar-refractivity contribution in [2.45, 2.75) is 52.4 Å². The SMILES string of the molecule is C[Si]1(C)c2pc(c(-c3ccccc3)cc2-c2ccccc2)[Si](C)(C)c2pc(c(-c3ccccc3)cc2-c2ccccc2)[Si](C)(C)c2[pH+]c(c(-c3ccccc3)cc2-c2ccccc2)[Si](C)(C)c2pc1c(-c1ccccc1)cc2-c1ccccc1.[Au+]. The molecule has 8 aromatic carbocycles. The van der Waals surface area contributed by atoms with E-state index >= 15 is 0 Å². The standard InChI is InChI=1S/C76H68P4Si4.Au/c1-81(2)69-61(53-33-17-9-18-34-53)49-63(55-37-21-11-22-38-55)71(77-69)82(3,4)73-65(57-41-25-13-26-42-57)51-67(59-45-29-15-30-46-59)75(79-73)84(7,8)76-68(60-47-31-16-32-48-60)52-66(58-43-27-14-28-44-58)74(80-76)83(5,6)72-64(56-39-23-12-24-40-56)50-62(70(81)78-72)54-35-19-10-20-36-54;/h9-52H,1-8H3;/q;+1/p+1. The number of rotatable bonds is 8. The normalized spacial score (nSPS) is 14.8. The summed E-state index contributed by atoms with van der Waals surface area (Å²) in [5, 5.41) is 0. The minimum atomic E-state index is -2.71. The van der Waals surface area contributed by atoms with Gasteiger partial charge in [-0.3, -0.25) is 0 Å². The first-order chi connectivity index (χ1) is 40.7. The molecule has 0 atom stereocenters. The van der Waals surface area contributed by atoms with E-state index in [2.05, 4.69) is 319 Å². The average molecular weight is 1420 g/mol. The van der Waals surface area contributed by atoms with Crippen LogP contribution < -0.4 is 39.3 Å². The van der Waals surface area contributed by atoms with Crippen LogP contribution in [0, 0.1) is 0 Å². The molecule has 9 heteroatoms. The summed E-state index contributed by atoms with van der Waals surface area (Å²) in [5.41, 5.74) is 21.8. The molecule has 5 heterocycles. The van der Waals surface area contributed by atoms with Crippen molar-refractivity contribution in [1.29, 1.82) is 0 Å². The molecule has 0 amide bonds. The van der Waals surface area contributed by atoms with E-state index in [1.54, 1.807) is 39.3 Å². The maximum absolute atomic E-state index is 2.74. The smallest absolute Gasteiger partial charge is 0.0763 e. The van der Waals surface area contributed by atoms with Gasteiger partial charge in [0.15, 0.2) is 16.1 Å². The second-order valence-electron chi connectivity index (χ2n) is 24.6. The van der Waals surface area contributed by atoms with Gasteiger partial charge >= 0.3 is 22.4 Å². The van der Waals surface area contributed by atoms with Crippen molar-refractivity contribution in [2.24, 2.45) is 0 Å². The Morgan fingerprint density at radius 3 is 0.553 bits per heavy atom.